The maximum Gasteiger partial charge on any atom is 0.214 e. The molecule has 1 saturated heterocycles. The molecule has 2 N–H and O–H groups in total. The Morgan fingerprint density at radius 1 is 1.28 bits per heavy atom. The Morgan fingerprint density at radius 3 is 2.64 bits per heavy atom. The zero-order valence-corrected chi connectivity index (χ0v) is 15.8. The number of hydrogen-bond acceptors (Lipinski definition) is 4. The molecular formula is C17H28N4O3S. The lowest BCUT2D eigenvalue weighted by atomic mass is 10.1. The highest BCUT2D eigenvalue weighted by atomic mass is 32.2. The number of guanidine groups is 1. The molecule has 1 aliphatic rings. The molecule has 1 aromatic carbocycles. The highest BCUT2D eigenvalue weighted by Crippen LogP contribution is 2.12. The monoisotopic (exact) mass is 368 g/mol. The highest BCUT2D eigenvalue weighted by molar-refractivity contribution is 7.89. The maximum absolute atomic E-state index is 11.8. The summed E-state index contributed by atoms with van der Waals surface area (Å²) >= 11 is 0. The highest BCUT2D eigenvalue weighted by Gasteiger charge is 2.27. The van der Waals surface area contributed by atoms with Crippen LogP contribution in [0.3, 0.4) is 0 Å². The fourth-order valence-electron chi connectivity index (χ4n) is 2.67. The summed E-state index contributed by atoms with van der Waals surface area (Å²) in [6.07, 6.45) is 1.58. The van der Waals surface area contributed by atoms with Gasteiger partial charge < -0.3 is 15.4 Å². The predicted octanol–water partition coefficient (Wildman–Crippen LogP) is 0.828. The first kappa shape index (κ1) is 19.5. The number of rotatable bonds is 8. The van der Waals surface area contributed by atoms with Gasteiger partial charge in [-0.15, -0.1) is 0 Å². The summed E-state index contributed by atoms with van der Waals surface area (Å²) in [6, 6.07) is 7.99. The standard InChI is InChI=1S/C17H28N4O3S/c1-3-18-17(20-11-13-21-12-4-14-25(21,22)23)19-10-9-15-5-7-16(24-2)8-6-15/h5-8H,3-4,9-14H2,1-2H3,(H2,18,19,20). The summed E-state index contributed by atoms with van der Waals surface area (Å²) in [6.45, 7) is 5.02. The SMILES string of the molecule is CCNC(=NCCN1CCCS1(=O)=O)NCCc1ccc(OC)cc1. The summed E-state index contributed by atoms with van der Waals surface area (Å²) in [5.41, 5.74) is 1.22. The number of hydrogen-bond donors (Lipinski definition) is 2. The summed E-state index contributed by atoms with van der Waals surface area (Å²) in [5.74, 6) is 1.83. The second-order valence-corrected chi connectivity index (χ2v) is 7.94. The van der Waals surface area contributed by atoms with Gasteiger partial charge in [-0.05, 0) is 37.5 Å². The summed E-state index contributed by atoms with van der Waals surface area (Å²) in [7, 11) is -1.39. The lowest BCUT2D eigenvalue weighted by Gasteiger charge is -2.14. The van der Waals surface area contributed by atoms with Crippen LogP contribution >= 0.6 is 0 Å². The van der Waals surface area contributed by atoms with Gasteiger partial charge in [-0.25, -0.2) is 12.7 Å². The number of aliphatic imine (C=N–C) groups is 1. The number of ether oxygens (including phenoxy) is 1. The van der Waals surface area contributed by atoms with Crippen LogP contribution in [-0.2, 0) is 16.4 Å². The number of sulfonamides is 1. The van der Waals surface area contributed by atoms with Crippen LogP contribution in [0.4, 0.5) is 0 Å². The molecule has 0 aliphatic carbocycles. The average molecular weight is 369 g/mol. The Labute approximate surface area is 150 Å². The van der Waals surface area contributed by atoms with Gasteiger partial charge in [-0.3, -0.25) is 4.99 Å². The Balaban J connectivity index is 1.78. The van der Waals surface area contributed by atoms with E-state index in [9.17, 15) is 8.42 Å². The van der Waals surface area contributed by atoms with Crippen molar-refractivity contribution in [1.82, 2.24) is 14.9 Å². The van der Waals surface area contributed by atoms with E-state index in [1.165, 1.54) is 9.87 Å². The Bertz CT molecular complexity index is 659. The molecular weight excluding hydrogens is 340 g/mol. The Morgan fingerprint density at radius 2 is 2.04 bits per heavy atom. The smallest absolute Gasteiger partial charge is 0.214 e. The van der Waals surface area contributed by atoms with Crippen molar-refractivity contribution in [3.8, 4) is 5.75 Å². The van der Waals surface area contributed by atoms with Crippen molar-refractivity contribution in [2.45, 2.75) is 19.8 Å². The van der Waals surface area contributed by atoms with Crippen LogP contribution in [0.1, 0.15) is 18.9 Å². The minimum atomic E-state index is -3.04. The minimum Gasteiger partial charge on any atom is -0.497 e. The van der Waals surface area contributed by atoms with Gasteiger partial charge in [0.15, 0.2) is 5.96 Å². The first-order valence-corrected chi connectivity index (χ1v) is 10.3. The molecule has 0 spiro atoms. The van der Waals surface area contributed by atoms with E-state index in [0.29, 0.717) is 32.0 Å². The molecule has 1 fully saturated rings. The van der Waals surface area contributed by atoms with Crippen LogP contribution in [0.15, 0.2) is 29.3 Å². The van der Waals surface area contributed by atoms with Crippen molar-refractivity contribution in [1.29, 1.82) is 0 Å². The Kier molecular flexibility index (Phi) is 7.52. The average Bonchev–Trinajstić information content (AvgIpc) is 2.94. The summed E-state index contributed by atoms with van der Waals surface area (Å²) < 4.78 is 30.2. The zero-order chi connectivity index (χ0) is 18.1. The van der Waals surface area contributed by atoms with Gasteiger partial charge in [-0.1, -0.05) is 12.1 Å². The molecule has 0 unspecified atom stereocenters. The fraction of sp³-hybridized carbons (Fsp3) is 0.588. The topological polar surface area (TPSA) is 83.0 Å². The number of nitrogens with zero attached hydrogens (tertiary/aromatic N) is 2. The lowest BCUT2D eigenvalue weighted by molar-refractivity contribution is 0.414. The van der Waals surface area contributed by atoms with Gasteiger partial charge in [0.05, 0.1) is 19.4 Å². The molecule has 0 atom stereocenters. The third-order valence-electron chi connectivity index (χ3n) is 4.03. The van der Waals surface area contributed by atoms with Gasteiger partial charge in [0.25, 0.3) is 0 Å². The molecule has 25 heavy (non-hydrogen) atoms. The van der Waals surface area contributed by atoms with Gasteiger partial charge in [0, 0.05) is 26.2 Å². The Hall–Kier alpha value is -1.80. The maximum atomic E-state index is 11.8. The van der Waals surface area contributed by atoms with Crippen molar-refractivity contribution in [3.05, 3.63) is 29.8 Å². The minimum absolute atomic E-state index is 0.261. The molecule has 2 rings (SSSR count). The van der Waals surface area contributed by atoms with Crippen LogP contribution in [0, 0.1) is 0 Å². The van der Waals surface area contributed by atoms with E-state index in [1.54, 1.807) is 7.11 Å². The molecule has 0 aromatic heterocycles. The normalized spacial score (nSPS) is 17.4. The van der Waals surface area contributed by atoms with Crippen LogP contribution < -0.4 is 15.4 Å². The largest absolute Gasteiger partial charge is 0.497 e. The van der Waals surface area contributed by atoms with E-state index in [1.807, 2.05) is 31.2 Å². The van der Waals surface area contributed by atoms with Crippen molar-refractivity contribution in [3.63, 3.8) is 0 Å². The molecule has 1 aromatic rings. The summed E-state index contributed by atoms with van der Waals surface area (Å²) in [4.78, 5) is 4.47. The zero-order valence-electron chi connectivity index (χ0n) is 15.0. The molecule has 1 heterocycles. The van der Waals surface area contributed by atoms with E-state index < -0.39 is 10.0 Å². The van der Waals surface area contributed by atoms with E-state index in [-0.39, 0.29) is 5.75 Å². The van der Waals surface area contributed by atoms with Crippen LogP contribution in [0.5, 0.6) is 5.75 Å². The van der Waals surface area contributed by atoms with Gasteiger partial charge in [-0.2, -0.15) is 0 Å². The van der Waals surface area contributed by atoms with E-state index >= 15 is 0 Å². The van der Waals surface area contributed by atoms with Crippen LogP contribution in [-0.4, -0.2) is 64.3 Å². The first-order valence-electron chi connectivity index (χ1n) is 8.68. The third kappa shape index (κ3) is 6.21. The molecule has 0 amide bonds. The van der Waals surface area contributed by atoms with Gasteiger partial charge >= 0.3 is 0 Å². The molecule has 140 valence electrons. The summed E-state index contributed by atoms with van der Waals surface area (Å²) in [5, 5.41) is 6.47. The van der Waals surface area contributed by atoms with Crippen LogP contribution in [0.2, 0.25) is 0 Å². The molecule has 0 bridgehead atoms. The van der Waals surface area contributed by atoms with E-state index in [0.717, 1.165) is 25.3 Å². The van der Waals surface area contributed by atoms with Crippen molar-refractivity contribution in [2.24, 2.45) is 4.99 Å². The van der Waals surface area contributed by atoms with E-state index in [4.69, 9.17) is 4.74 Å². The van der Waals surface area contributed by atoms with Gasteiger partial charge in [0.1, 0.15) is 5.75 Å². The number of methoxy groups -OCH3 is 1. The predicted molar refractivity (Wildman–Crippen MR) is 101 cm³/mol. The molecule has 8 heteroatoms. The van der Waals surface area contributed by atoms with Gasteiger partial charge in [0.2, 0.25) is 10.0 Å². The second kappa shape index (κ2) is 9.62. The third-order valence-corrected chi connectivity index (χ3v) is 5.99. The van der Waals surface area contributed by atoms with Crippen LogP contribution in [0.25, 0.3) is 0 Å². The fourth-order valence-corrected chi connectivity index (χ4v) is 4.19. The first-order chi connectivity index (χ1) is 12.0. The number of benzene rings is 1. The quantitative estimate of drug-likeness (QED) is 0.525. The molecule has 0 saturated carbocycles. The van der Waals surface area contributed by atoms with E-state index in [2.05, 4.69) is 15.6 Å². The van der Waals surface area contributed by atoms with Crippen molar-refractivity contribution in [2.75, 3.05) is 45.6 Å². The van der Waals surface area contributed by atoms with Crippen molar-refractivity contribution >= 4 is 16.0 Å². The van der Waals surface area contributed by atoms with Crippen molar-refractivity contribution < 1.29 is 13.2 Å². The second-order valence-electron chi connectivity index (χ2n) is 5.85. The molecule has 7 nitrogen and oxygen atoms in total. The molecule has 0 radical (unpaired) electrons. The number of nitrogens with one attached hydrogen (secondary N) is 2. The molecule has 1 aliphatic heterocycles. The lowest BCUT2D eigenvalue weighted by Crippen LogP contribution is -2.39.